The lowest BCUT2D eigenvalue weighted by Gasteiger charge is -2.34. The van der Waals surface area contributed by atoms with Crippen molar-refractivity contribution in [1.29, 1.82) is 0 Å². The molecule has 0 aromatic heterocycles. The van der Waals surface area contributed by atoms with E-state index in [0.717, 1.165) is 26.9 Å². The molecule has 0 bridgehead atoms. The third-order valence-corrected chi connectivity index (χ3v) is 12.1. The van der Waals surface area contributed by atoms with Crippen molar-refractivity contribution in [2.24, 2.45) is 0 Å². The summed E-state index contributed by atoms with van der Waals surface area (Å²) in [5.74, 6) is -0.0801. The van der Waals surface area contributed by atoms with E-state index in [0.29, 0.717) is 16.3 Å². The maximum Gasteiger partial charge on any atom is 0.261 e. The smallest absolute Gasteiger partial charge is 0.261 e. The van der Waals surface area contributed by atoms with E-state index in [-0.39, 0.29) is 30.5 Å². The summed E-state index contributed by atoms with van der Waals surface area (Å²) in [6.45, 7) is 6.26. The normalized spacial score (nSPS) is 13.2. The maximum absolute atomic E-state index is 12.6. The first kappa shape index (κ1) is 29.6. The summed E-state index contributed by atoms with van der Waals surface area (Å²) in [6, 6.07) is 12.6. The summed E-state index contributed by atoms with van der Waals surface area (Å²) in [4.78, 5) is 12.6. The van der Waals surface area contributed by atoms with Gasteiger partial charge in [0.1, 0.15) is 11.5 Å². The first-order chi connectivity index (χ1) is 16.6. The van der Waals surface area contributed by atoms with Gasteiger partial charge in [0.15, 0.2) is 14.9 Å². The zero-order valence-electron chi connectivity index (χ0n) is 20.2. The van der Waals surface area contributed by atoms with Crippen molar-refractivity contribution in [2.45, 2.75) is 45.0 Å². The van der Waals surface area contributed by atoms with Gasteiger partial charge in [-0.15, -0.1) is 0 Å². The van der Waals surface area contributed by atoms with E-state index < -0.39 is 25.7 Å². The third kappa shape index (κ3) is 8.19. The van der Waals surface area contributed by atoms with E-state index >= 15 is 0 Å². The molecule has 0 spiro atoms. The minimum Gasteiger partial charge on any atom is -0.506 e. The van der Waals surface area contributed by atoms with E-state index in [2.05, 4.69) is 42.0 Å². The van der Waals surface area contributed by atoms with E-state index in [9.17, 15) is 18.7 Å². The molecule has 1 amide bonds. The van der Waals surface area contributed by atoms with E-state index in [1.165, 1.54) is 13.1 Å². The molecule has 0 saturated carbocycles. The van der Waals surface area contributed by atoms with Gasteiger partial charge in [0, 0.05) is 18.1 Å². The summed E-state index contributed by atoms with van der Waals surface area (Å²) >= 11 is 7.17. The van der Waals surface area contributed by atoms with Gasteiger partial charge in [0.25, 0.3) is 17.2 Å². The highest BCUT2D eigenvalue weighted by molar-refractivity contribution is 9.10. The molecule has 3 N–H and O–H groups in total. The van der Waals surface area contributed by atoms with E-state index in [1.54, 1.807) is 30.3 Å². The van der Waals surface area contributed by atoms with Crippen LogP contribution in [0.1, 0.15) is 32.4 Å². The van der Waals surface area contributed by atoms with Gasteiger partial charge in [-0.05, 0) is 54.0 Å². The Morgan fingerprint density at radius 2 is 1.86 bits per heavy atom. The van der Waals surface area contributed by atoms with Crippen LogP contribution >= 0.6 is 27.5 Å². The number of amides is 1. The fourth-order valence-corrected chi connectivity index (χ4v) is 7.46. The zero-order chi connectivity index (χ0) is 26.2. The predicted molar refractivity (Wildman–Crippen MR) is 146 cm³/mol. The summed E-state index contributed by atoms with van der Waals surface area (Å²) < 4.78 is 35.1. The quantitative estimate of drug-likeness (QED) is 0.201. The lowest BCUT2D eigenvalue weighted by Crippen LogP contribution is -2.41. The van der Waals surface area contributed by atoms with Crippen molar-refractivity contribution in [3.8, 4) is 11.5 Å². The number of nitrogens with zero attached hydrogens (tertiary/aromatic N) is 1. The molecule has 194 valence electrons. The first-order valence-electron chi connectivity index (χ1n) is 11.3. The number of carbonyl (C=O) groups is 1. The Bertz CT molecular complexity index is 1030. The average molecular weight is 608 g/mol. The largest absolute Gasteiger partial charge is 0.506 e. The Morgan fingerprint density at radius 1 is 1.20 bits per heavy atom. The number of aromatic hydroxyl groups is 1. The number of hydrogen-bond donors (Lipinski definition) is 3. The Balaban J connectivity index is 2.22. The van der Waals surface area contributed by atoms with Crippen LogP contribution in [0.15, 0.2) is 40.9 Å². The molecule has 12 heteroatoms. The van der Waals surface area contributed by atoms with Crippen LogP contribution in [-0.2, 0) is 20.5 Å². The Labute approximate surface area is 223 Å². The molecule has 2 aromatic carbocycles. The van der Waals surface area contributed by atoms with Crippen LogP contribution in [-0.4, -0.2) is 48.3 Å². The van der Waals surface area contributed by atoms with E-state index in [4.69, 9.17) is 20.8 Å². The fraction of sp³-hybridized carbons (Fsp3) is 0.435. The number of benzene rings is 2. The van der Waals surface area contributed by atoms with Crippen LogP contribution in [0.5, 0.6) is 11.5 Å². The van der Waals surface area contributed by atoms with Crippen LogP contribution in [0.2, 0.25) is 23.2 Å². The number of anilines is 1. The average Bonchev–Trinajstić information content (AvgIpc) is 2.84. The van der Waals surface area contributed by atoms with Gasteiger partial charge in [-0.3, -0.25) is 13.7 Å². The van der Waals surface area contributed by atoms with Gasteiger partial charge < -0.3 is 19.6 Å². The Morgan fingerprint density at radius 3 is 2.43 bits per heavy atom. The van der Waals surface area contributed by atoms with Crippen molar-refractivity contribution in [2.75, 3.05) is 24.5 Å². The molecule has 0 aliphatic carbocycles. The summed E-state index contributed by atoms with van der Waals surface area (Å²) in [5, 5.41) is 13.5. The SMILES string of the molecule is CC[Si](CC)(CC)OC(CNC(=O)COc1ccc(Br)cc1Cl)c1ccc(O)c(N(C)S(=O)O)c1. The molecule has 0 radical (unpaired) electrons. The van der Waals surface area contributed by atoms with Crippen molar-refractivity contribution in [3.63, 3.8) is 0 Å². The fourth-order valence-electron chi connectivity index (χ4n) is 3.60. The van der Waals surface area contributed by atoms with Gasteiger partial charge >= 0.3 is 0 Å². The van der Waals surface area contributed by atoms with Crippen molar-refractivity contribution in [1.82, 2.24) is 5.32 Å². The van der Waals surface area contributed by atoms with Crippen molar-refractivity contribution < 1.29 is 27.8 Å². The first-order valence-corrected chi connectivity index (χ1v) is 16.0. The molecule has 8 nitrogen and oxygen atoms in total. The Kier molecular flexibility index (Phi) is 11.5. The molecule has 35 heavy (non-hydrogen) atoms. The van der Waals surface area contributed by atoms with Crippen molar-refractivity contribution >= 4 is 58.7 Å². The maximum atomic E-state index is 12.6. The number of rotatable bonds is 13. The second kappa shape index (κ2) is 13.6. The lowest BCUT2D eigenvalue weighted by molar-refractivity contribution is -0.123. The number of hydrogen-bond acceptors (Lipinski definition) is 5. The third-order valence-electron chi connectivity index (χ3n) is 6.01. The molecular formula is C23H32BrClN2O6SSi. The molecule has 0 heterocycles. The number of halogens is 2. The predicted octanol–water partition coefficient (Wildman–Crippen LogP) is 5.64. The number of phenols is 1. The molecule has 2 aromatic rings. The molecular weight excluding hydrogens is 576 g/mol. The second-order valence-electron chi connectivity index (χ2n) is 7.99. The minimum absolute atomic E-state index is 0.133. The highest BCUT2D eigenvalue weighted by atomic mass is 79.9. The molecule has 2 rings (SSSR count). The topological polar surface area (TPSA) is 108 Å². The second-order valence-corrected chi connectivity index (χ2v) is 15.0. The van der Waals surface area contributed by atoms with E-state index in [1.807, 2.05) is 0 Å². The van der Waals surface area contributed by atoms with Crippen LogP contribution in [0.3, 0.4) is 0 Å². The summed E-state index contributed by atoms with van der Waals surface area (Å²) in [7, 11) is -0.686. The molecule has 0 saturated heterocycles. The van der Waals surface area contributed by atoms with Crippen LogP contribution in [0.4, 0.5) is 5.69 Å². The van der Waals surface area contributed by atoms with Crippen LogP contribution < -0.4 is 14.4 Å². The van der Waals surface area contributed by atoms with Gasteiger partial charge in [-0.25, -0.2) is 4.21 Å². The summed E-state index contributed by atoms with van der Waals surface area (Å²) in [6.07, 6.45) is -0.512. The highest BCUT2D eigenvalue weighted by Gasteiger charge is 2.33. The van der Waals surface area contributed by atoms with Crippen LogP contribution in [0.25, 0.3) is 0 Å². The minimum atomic E-state index is -2.31. The Hall–Kier alpha value is -1.63. The molecule has 0 aliphatic heterocycles. The zero-order valence-corrected chi connectivity index (χ0v) is 24.4. The number of ether oxygens (including phenoxy) is 1. The molecule has 2 unspecified atom stereocenters. The number of carbonyl (C=O) groups excluding carboxylic acids is 1. The molecule has 0 fully saturated rings. The number of nitrogens with one attached hydrogen (secondary N) is 1. The monoisotopic (exact) mass is 606 g/mol. The highest BCUT2D eigenvalue weighted by Crippen LogP contribution is 2.35. The van der Waals surface area contributed by atoms with Gasteiger partial charge in [0.2, 0.25) is 0 Å². The number of phenolic OH excluding ortho intramolecular Hbond substituents is 1. The van der Waals surface area contributed by atoms with Gasteiger partial charge in [0.05, 0.1) is 16.8 Å². The van der Waals surface area contributed by atoms with Crippen molar-refractivity contribution in [3.05, 3.63) is 51.5 Å². The van der Waals surface area contributed by atoms with Gasteiger partial charge in [-0.1, -0.05) is 54.4 Å². The molecule has 2 atom stereocenters. The lowest BCUT2D eigenvalue weighted by atomic mass is 10.1. The van der Waals surface area contributed by atoms with Crippen LogP contribution in [0, 0.1) is 0 Å². The standard InChI is InChI=1S/C23H32BrClN2O6SSi/c1-5-35(6-2,7-3)33-22(16-8-10-20(28)19(12-16)27(4)34(30)31)14-26-23(29)15-32-21-11-9-17(24)13-18(21)25/h8-13,22,28H,5-7,14-15H2,1-4H3,(H,26,29)(H,30,31). The summed E-state index contributed by atoms with van der Waals surface area (Å²) in [5.41, 5.74) is 0.868. The molecule has 0 aliphatic rings. The van der Waals surface area contributed by atoms with Gasteiger partial charge in [-0.2, -0.15) is 0 Å².